The van der Waals surface area contributed by atoms with E-state index >= 15 is 0 Å². The van der Waals surface area contributed by atoms with Gasteiger partial charge in [-0.1, -0.05) is 116 Å². The van der Waals surface area contributed by atoms with Crippen LogP contribution in [0.2, 0.25) is 0 Å². The summed E-state index contributed by atoms with van der Waals surface area (Å²) in [6.07, 6.45) is 0. The molecular weight excluding hydrogens is 560 g/mol. The van der Waals surface area contributed by atoms with Gasteiger partial charge in [0.15, 0.2) is 0 Å². The second-order valence-corrected chi connectivity index (χ2v) is 14.9. The molecule has 5 aromatic rings. The van der Waals surface area contributed by atoms with Gasteiger partial charge in [0.2, 0.25) is 0 Å². The molecule has 0 aliphatic rings. The van der Waals surface area contributed by atoms with Crippen molar-refractivity contribution in [1.29, 1.82) is 0 Å². The van der Waals surface area contributed by atoms with Gasteiger partial charge in [0.25, 0.3) is 0 Å². The molecule has 5 aromatic carbocycles. The lowest BCUT2D eigenvalue weighted by Crippen LogP contribution is -2.37. The molecule has 0 spiro atoms. The van der Waals surface area contributed by atoms with Gasteiger partial charge < -0.3 is 22.9 Å². The third-order valence-corrected chi connectivity index (χ3v) is 10.3. The number of hydrogen-bond acceptors (Lipinski definition) is 4. The van der Waals surface area contributed by atoms with Crippen molar-refractivity contribution in [2.45, 2.75) is 77.0 Å². The van der Waals surface area contributed by atoms with Gasteiger partial charge >= 0.3 is 0 Å². The van der Waals surface area contributed by atoms with Crippen molar-refractivity contribution < 1.29 is 0 Å². The Bertz CT molecular complexity index is 1690. The number of rotatable bonds is 8. The number of nitrogen functional groups attached to an aromatic ring is 4. The summed E-state index contributed by atoms with van der Waals surface area (Å²) < 4.78 is 0. The lowest BCUT2D eigenvalue weighted by Gasteiger charge is -2.44. The maximum absolute atomic E-state index is 6.21. The standard InChI is InChI=1S/C42H50N4/c1-39(2,27-9-17-31(43)18-10-27)35-25-26-36(40(3,4)28-11-19-32(44)20-12-28)38(42(7,8)30-15-23-34(46)24-16-30)37(35)41(5,6)29-13-21-33(45)22-14-29/h9-26H,43-46H2,1-8H3. The van der Waals surface area contributed by atoms with Gasteiger partial charge in [-0.05, 0) is 93.0 Å². The zero-order valence-corrected chi connectivity index (χ0v) is 28.7. The molecule has 0 saturated heterocycles. The van der Waals surface area contributed by atoms with Crippen LogP contribution in [0.4, 0.5) is 22.7 Å². The van der Waals surface area contributed by atoms with Crippen LogP contribution in [0.3, 0.4) is 0 Å². The summed E-state index contributed by atoms with van der Waals surface area (Å²) >= 11 is 0. The molecule has 4 nitrogen and oxygen atoms in total. The Morgan fingerprint density at radius 2 is 0.478 bits per heavy atom. The number of benzene rings is 5. The van der Waals surface area contributed by atoms with E-state index in [1.807, 2.05) is 48.5 Å². The summed E-state index contributed by atoms with van der Waals surface area (Å²) in [5, 5.41) is 0. The molecule has 0 heterocycles. The summed E-state index contributed by atoms with van der Waals surface area (Å²) in [4.78, 5) is 0. The van der Waals surface area contributed by atoms with E-state index in [0.717, 1.165) is 22.7 Å². The monoisotopic (exact) mass is 610 g/mol. The number of hydrogen-bond donors (Lipinski definition) is 4. The summed E-state index contributed by atoms with van der Waals surface area (Å²) in [7, 11) is 0. The molecule has 0 aliphatic carbocycles. The molecule has 0 aliphatic heterocycles. The molecule has 4 heteroatoms. The topological polar surface area (TPSA) is 104 Å². The zero-order chi connectivity index (χ0) is 33.7. The predicted octanol–water partition coefficient (Wildman–Crippen LogP) is 9.32. The van der Waals surface area contributed by atoms with Gasteiger partial charge in [-0.25, -0.2) is 0 Å². The predicted molar refractivity (Wildman–Crippen MR) is 198 cm³/mol. The normalized spacial score (nSPS) is 12.7. The average Bonchev–Trinajstić information content (AvgIpc) is 3.01. The van der Waals surface area contributed by atoms with Crippen LogP contribution in [-0.4, -0.2) is 0 Å². The van der Waals surface area contributed by atoms with E-state index in [-0.39, 0.29) is 10.8 Å². The Hall–Kier alpha value is -4.70. The fourth-order valence-corrected chi connectivity index (χ4v) is 7.14. The van der Waals surface area contributed by atoms with Crippen LogP contribution < -0.4 is 22.9 Å². The van der Waals surface area contributed by atoms with Gasteiger partial charge in [0, 0.05) is 44.4 Å². The SMILES string of the molecule is CC(C)(c1ccc(N)cc1)c1ccc(C(C)(C)c2ccc(N)cc2)c(C(C)(C)c2ccc(N)cc2)c1C(C)(C)c1ccc(N)cc1. The van der Waals surface area contributed by atoms with Gasteiger partial charge in [-0.15, -0.1) is 0 Å². The Balaban J connectivity index is 1.96. The molecule has 0 amide bonds. The van der Waals surface area contributed by atoms with Crippen LogP contribution in [-0.2, 0) is 21.7 Å². The van der Waals surface area contributed by atoms with Crippen LogP contribution in [0.25, 0.3) is 0 Å². The molecule has 46 heavy (non-hydrogen) atoms. The average molecular weight is 611 g/mol. The molecule has 0 aromatic heterocycles. The second-order valence-electron chi connectivity index (χ2n) is 14.9. The first-order valence-electron chi connectivity index (χ1n) is 16.1. The van der Waals surface area contributed by atoms with Crippen molar-refractivity contribution in [2.75, 3.05) is 22.9 Å². The minimum atomic E-state index is -0.401. The molecule has 0 saturated carbocycles. The summed E-state index contributed by atoms with van der Waals surface area (Å²) in [6.45, 7) is 18.7. The highest BCUT2D eigenvalue weighted by molar-refractivity contribution is 5.63. The molecule has 0 radical (unpaired) electrons. The molecule has 0 bridgehead atoms. The van der Waals surface area contributed by atoms with Crippen LogP contribution in [0.5, 0.6) is 0 Å². The van der Waals surface area contributed by atoms with Crippen molar-refractivity contribution in [2.24, 2.45) is 0 Å². The first kappa shape index (κ1) is 32.7. The zero-order valence-electron chi connectivity index (χ0n) is 28.7. The van der Waals surface area contributed by atoms with Crippen molar-refractivity contribution in [1.82, 2.24) is 0 Å². The highest BCUT2D eigenvalue weighted by atomic mass is 14.6. The second kappa shape index (κ2) is 11.6. The van der Waals surface area contributed by atoms with E-state index in [0.29, 0.717) is 0 Å². The van der Waals surface area contributed by atoms with E-state index in [4.69, 9.17) is 22.9 Å². The van der Waals surface area contributed by atoms with Crippen LogP contribution in [0.15, 0.2) is 109 Å². The largest absolute Gasteiger partial charge is 0.399 e. The molecule has 238 valence electrons. The van der Waals surface area contributed by atoms with Crippen LogP contribution in [0.1, 0.15) is 99.9 Å². The lowest BCUT2D eigenvalue weighted by molar-refractivity contribution is 0.523. The molecule has 0 atom stereocenters. The van der Waals surface area contributed by atoms with Crippen molar-refractivity contribution in [3.8, 4) is 0 Å². The van der Waals surface area contributed by atoms with Crippen molar-refractivity contribution in [3.05, 3.63) is 154 Å². The third kappa shape index (κ3) is 5.73. The summed E-state index contributed by atoms with van der Waals surface area (Å²) in [6, 6.07) is 38.1. The molecule has 5 rings (SSSR count). The fourth-order valence-electron chi connectivity index (χ4n) is 7.14. The van der Waals surface area contributed by atoms with E-state index in [1.165, 1.54) is 44.5 Å². The Morgan fingerprint density at radius 1 is 0.283 bits per heavy atom. The molecule has 0 fully saturated rings. The number of nitrogens with two attached hydrogens (primary N) is 4. The molecule has 0 unspecified atom stereocenters. The highest BCUT2D eigenvalue weighted by Gasteiger charge is 2.43. The Morgan fingerprint density at radius 3 is 0.696 bits per heavy atom. The third-order valence-electron chi connectivity index (χ3n) is 10.3. The van der Waals surface area contributed by atoms with Gasteiger partial charge in [-0.2, -0.15) is 0 Å². The van der Waals surface area contributed by atoms with E-state index in [2.05, 4.69) is 116 Å². The minimum absolute atomic E-state index is 0.343. The molecular formula is C42H50N4. The Kier molecular flexibility index (Phi) is 8.23. The summed E-state index contributed by atoms with van der Waals surface area (Å²) in [5.74, 6) is 0. The molecule has 8 N–H and O–H groups in total. The van der Waals surface area contributed by atoms with Crippen molar-refractivity contribution >= 4 is 22.7 Å². The lowest BCUT2D eigenvalue weighted by atomic mass is 9.59. The summed E-state index contributed by atoms with van der Waals surface area (Å²) in [5.41, 5.74) is 36.2. The highest BCUT2D eigenvalue weighted by Crippen LogP contribution is 2.51. The maximum atomic E-state index is 6.21. The quantitative estimate of drug-likeness (QED) is 0.131. The van der Waals surface area contributed by atoms with E-state index in [1.54, 1.807) is 0 Å². The number of anilines is 4. The van der Waals surface area contributed by atoms with Crippen molar-refractivity contribution in [3.63, 3.8) is 0 Å². The van der Waals surface area contributed by atoms with Crippen LogP contribution >= 0.6 is 0 Å². The maximum Gasteiger partial charge on any atom is 0.0314 e. The van der Waals surface area contributed by atoms with E-state index < -0.39 is 10.8 Å². The van der Waals surface area contributed by atoms with Gasteiger partial charge in [-0.3, -0.25) is 0 Å². The van der Waals surface area contributed by atoms with Gasteiger partial charge in [0.05, 0.1) is 0 Å². The van der Waals surface area contributed by atoms with Gasteiger partial charge in [0.1, 0.15) is 0 Å². The van der Waals surface area contributed by atoms with Crippen LogP contribution in [0, 0.1) is 0 Å². The van der Waals surface area contributed by atoms with E-state index in [9.17, 15) is 0 Å². The first-order valence-corrected chi connectivity index (χ1v) is 16.1. The smallest absolute Gasteiger partial charge is 0.0314 e. The minimum Gasteiger partial charge on any atom is -0.399 e. The fraction of sp³-hybridized carbons (Fsp3) is 0.286. The first-order chi connectivity index (χ1) is 21.5. The Labute approximate surface area is 275 Å².